The number of thiazole rings is 1. The lowest BCUT2D eigenvalue weighted by Crippen LogP contribution is -2.28. The van der Waals surface area contributed by atoms with E-state index in [0.29, 0.717) is 24.5 Å². The fourth-order valence-electron chi connectivity index (χ4n) is 3.19. The number of amides is 2. The van der Waals surface area contributed by atoms with E-state index in [0.717, 1.165) is 41.9 Å². The summed E-state index contributed by atoms with van der Waals surface area (Å²) in [5.74, 6) is 0.0555. The third kappa shape index (κ3) is 4.49. The number of rotatable bonds is 7. The van der Waals surface area contributed by atoms with E-state index in [9.17, 15) is 9.59 Å². The summed E-state index contributed by atoms with van der Waals surface area (Å²) in [4.78, 5) is 31.2. The first-order valence-corrected chi connectivity index (χ1v) is 10.0. The van der Waals surface area contributed by atoms with Crippen molar-refractivity contribution in [2.45, 2.75) is 46.0 Å². The van der Waals surface area contributed by atoms with E-state index in [1.54, 1.807) is 4.90 Å². The highest BCUT2D eigenvalue weighted by molar-refractivity contribution is 7.16. The number of carbonyl (C=O) groups excluding carboxylic acids is 2. The number of likely N-dealkylation sites (tertiary alicyclic amines) is 1. The monoisotopic (exact) mass is 371 g/mol. The summed E-state index contributed by atoms with van der Waals surface area (Å²) in [5.41, 5.74) is 3.32. The zero-order chi connectivity index (χ0) is 18.5. The van der Waals surface area contributed by atoms with Gasteiger partial charge in [-0.3, -0.25) is 9.59 Å². The number of hydrogen-bond donors (Lipinski definition) is 1. The Balaban J connectivity index is 1.60. The average molecular weight is 372 g/mol. The summed E-state index contributed by atoms with van der Waals surface area (Å²) < 4.78 is 0. The standard InChI is InChI=1S/C20H25N3O2S/c1-3-5-15-7-9-16(10-8-15)19-14(2)26-20(22-19)21-17(24)11-13-23-12-4-6-18(23)25/h7-10H,3-6,11-13H2,1-2H3,(H,21,22,24). The highest BCUT2D eigenvalue weighted by Gasteiger charge is 2.20. The first kappa shape index (κ1) is 18.6. The quantitative estimate of drug-likeness (QED) is 0.799. The predicted molar refractivity (Wildman–Crippen MR) is 105 cm³/mol. The lowest BCUT2D eigenvalue weighted by molar-refractivity contribution is -0.128. The molecule has 2 aromatic rings. The Morgan fingerprint density at radius 3 is 2.73 bits per heavy atom. The normalized spacial score (nSPS) is 14.1. The van der Waals surface area contributed by atoms with Gasteiger partial charge in [0.1, 0.15) is 0 Å². The Hall–Kier alpha value is -2.21. The van der Waals surface area contributed by atoms with E-state index in [-0.39, 0.29) is 11.8 Å². The highest BCUT2D eigenvalue weighted by atomic mass is 32.1. The van der Waals surface area contributed by atoms with Crippen LogP contribution in [0.1, 0.15) is 43.0 Å². The van der Waals surface area contributed by atoms with Crippen LogP contribution < -0.4 is 5.32 Å². The minimum atomic E-state index is -0.0942. The number of hydrogen-bond acceptors (Lipinski definition) is 4. The predicted octanol–water partition coefficient (Wildman–Crippen LogP) is 4.02. The summed E-state index contributed by atoms with van der Waals surface area (Å²) in [6.45, 7) is 5.44. The Morgan fingerprint density at radius 2 is 2.08 bits per heavy atom. The Morgan fingerprint density at radius 1 is 1.31 bits per heavy atom. The molecule has 1 aliphatic rings. The molecule has 138 valence electrons. The second kappa shape index (κ2) is 8.45. The van der Waals surface area contributed by atoms with E-state index < -0.39 is 0 Å². The van der Waals surface area contributed by atoms with Crippen molar-refractivity contribution in [3.05, 3.63) is 34.7 Å². The molecule has 26 heavy (non-hydrogen) atoms. The molecule has 0 spiro atoms. The molecule has 1 fully saturated rings. The van der Waals surface area contributed by atoms with Gasteiger partial charge in [-0.1, -0.05) is 37.6 Å². The van der Waals surface area contributed by atoms with Crippen LogP contribution in [0.25, 0.3) is 11.3 Å². The Kier molecular flexibility index (Phi) is 6.04. The molecule has 0 radical (unpaired) electrons. The lowest BCUT2D eigenvalue weighted by Gasteiger charge is -2.14. The van der Waals surface area contributed by atoms with Crippen molar-refractivity contribution >= 4 is 28.3 Å². The maximum Gasteiger partial charge on any atom is 0.227 e. The summed E-state index contributed by atoms with van der Waals surface area (Å²) >= 11 is 1.49. The van der Waals surface area contributed by atoms with E-state index in [1.165, 1.54) is 16.9 Å². The van der Waals surface area contributed by atoms with Gasteiger partial charge in [0.2, 0.25) is 11.8 Å². The first-order chi connectivity index (χ1) is 12.6. The van der Waals surface area contributed by atoms with Crippen molar-refractivity contribution in [2.75, 3.05) is 18.4 Å². The number of anilines is 1. The fourth-order valence-corrected chi connectivity index (χ4v) is 4.05. The molecule has 1 aliphatic heterocycles. The van der Waals surface area contributed by atoms with Crippen molar-refractivity contribution < 1.29 is 9.59 Å². The van der Waals surface area contributed by atoms with Crippen LogP contribution in [0.15, 0.2) is 24.3 Å². The second-order valence-electron chi connectivity index (χ2n) is 6.65. The molecule has 2 amide bonds. The first-order valence-electron chi connectivity index (χ1n) is 9.21. The molecular weight excluding hydrogens is 346 g/mol. The van der Waals surface area contributed by atoms with Gasteiger partial charge in [0.15, 0.2) is 5.13 Å². The summed E-state index contributed by atoms with van der Waals surface area (Å²) in [6, 6.07) is 8.47. The van der Waals surface area contributed by atoms with E-state index in [1.807, 2.05) is 6.92 Å². The van der Waals surface area contributed by atoms with Gasteiger partial charge in [0, 0.05) is 36.4 Å². The number of nitrogens with one attached hydrogen (secondary N) is 1. The topological polar surface area (TPSA) is 62.3 Å². The molecule has 0 saturated carbocycles. The zero-order valence-electron chi connectivity index (χ0n) is 15.4. The number of carbonyl (C=O) groups is 2. The van der Waals surface area contributed by atoms with Gasteiger partial charge in [0.25, 0.3) is 0 Å². The molecular formula is C20H25N3O2S. The third-order valence-electron chi connectivity index (χ3n) is 4.59. The van der Waals surface area contributed by atoms with Crippen LogP contribution in [0.5, 0.6) is 0 Å². The minimum Gasteiger partial charge on any atom is -0.342 e. The summed E-state index contributed by atoms with van der Waals surface area (Å²) in [6.07, 6.45) is 4.02. The van der Waals surface area contributed by atoms with Crippen LogP contribution in [0.3, 0.4) is 0 Å². The Bertz CT molecular complexity index is 783. The highest BCUT2D eigenvalue weighted by Crippen LogP contribution is 2.30. The molecule has 0 bridgehead atoms. The van der Waals surface area contributed by atoms with Crippen molar-refractivity contribution in [2.24, 2.45) is 0 Å². The van der Waals surface area contributed by atoms with Gasteiger partial charge in [-0.15, -0.1) is 11.3 Å². The zero-order valence-corrected chi connectivity index (χ0v) is 16.2. The SMILES string of the molecule is CCCc1ccc(-c2nc(NC(=O)CCN3CCCC3=O)sc2C)cc1. The molecule has 1 aromatic carbocycles. The van der Waals surface area contributed by atoms with Crippen molar-refractivity contribution in [1.29, 1.82) is 0 Å². The van der Waals surface area contributed by atoms with Gasteiger partial charge in [-0.25, -0.2) is 4.98 Å². The van der Waals surface area contributed by atoms with Gasteiger partial charge < -0.3 is 10.2 Å². The van der Waals surface area contributed by atoms with Gasteiger partial charge in [-0.2, -0.15) is 0 Å². The minimum absolute atomic E-state index is 0.0942. The summed E-state index contributed by atoms with van der Waals surface area (Å²) in [7, 11) is 0. The summed E-state index contributed by atoms with van der Waals surface area (Å²) in [5, 5.41) is 3.49. The van der Waals surface area contributed by atoms with Gasteiger partial charge in [0.05, 0.1) is 5.69 Å². The number of aromatic nitrogens is 1. The van der Waals surface area contributed by atoms with Gasteiger partial charge in [-0.05, 0) is 25.3 Å². The molecule has 2 heterocycles. The van der Waals surface area contributed by atoms with Gasteiger partial charge >= 0.3 is 0 Å². The van der Waals surface area contributed by atoms with E-state index >= 15 is 0 Å². The Labute approximate surface area is 158 Å². The number of benzene rings is 1. The molecule has 0 atom stereocenters. The molecule has 3 rings (SSSR count). The molecule has 0 aliphatic carbocycles. The smallest absolute Gasteiger partial charge is 0.227 e. The van der Waals surface area contributed by atoms with Crippen molar-refractivity contribution in [3.63, 3.8) is 0 Å². The van der Waals surface area contributed by atoms with Crippen molar-refractivity contribution in [3.8, 4) is 11.3 Å². The van der Waals surface area contributed by atoms with Crippen LogP contribution in [-0.4, -0.2) is 34.8 Å². The van der Waals surface area contributed by atoms with E-state index in [4.69, 9.17) is 0 Å². The molecule has 6 heteroatoms. The van der Waals surface area contributed by atoms with Crippen LogP contribution in [-0.2, 0) is 16.0 Å². The molecule has 0 unspecified atom stereocenters. The van der Waals surface area contributed by atoms with Crippen LogP contribution >= 0.6 is 11.3 Å². The molecule has 1 N–H and O–H groups in total. The van der Waals surface area contributed by atoms with Crippen LogP contribution in [0.2, 0.25) is 0 Å². The van der Waals surface area contributed by atoms with E-state index in [2.05, 4.69) is 41.5 Å². The maximum atomic E-state index is 12.2. The fraction of sp³-hybridized carbons (Fsp3) is 0.450. The lowest BCUT2D eigenvalue weighted by atomic mass is 10.1. The molecule has 5 nitrogen and oxygen atoms in total. The second-order valence-corrected chi connectivity index (χ2v) is 7.86. The number of nitrogens with zero attached hydrogens (tertiary/aromatic N) is 2. The average Bonchev–Trinajstić information content (AvgIpc) is 3.19. The molecule has 1 aromatic heterocycles. The maximum absolute atomic E-state index is 12.2. The van der Waals surface area contributed by atoms with Crippen LogP contribution in [0.4, 0.5) is 5.13 Å². The molecule has 1 saturated heterocycles. The van der Waals surface area contributed by atoms with Crippen LogP contribution in [0, 0.1) is 6.92 Å². The third-order valence-corrected chi connectivity index (χ3v) is 5.48. The van der Waals surface area contributed by atoms with Crippen molar-refractivity contribution in [1.82, 2.24) is 9.88 Å². The largest absolute Gasteiger partial charge is 0.342 e. The number of aryl methyl sites for hydroxylation is 2.